The molecule has 0 radical (unpaired) electrons. The molecule has 110 valence electrons. The lowest BCUT2D eigenvalue weighted by atomic mass is 10.1. The van der Waals surface area contributed by atoms with Crippen LogP contribution in [0.2, 0.25) is 0 Å². The summed E-state index contributed by atoms with van der Waals surface area (Å²) in [6.07, 6.45) is 0.342. The number of rotatable bonds is 3. The first-order chi connectivity index (χ1) is 10.1. The summed E-state index contributed by atoms with van der Waals surface area (Å²) in [5, 5.41) is 10.8. The number of hydrogen-bond donors (Lipinski definition) is 2. The van der Waals surface area contributed by atoms with E-state index >= 15 is 0 Å². The zero-order valence-corrected chi connectivity index (χ0v) is 11.4. The van der Waals surface area contributed by atoms with Gasteiger partial charge in [-0.15, -0.1) is 0 Å². The molecule has 5 nitrogen and oxygen atoms in total. The van der Waals surface area contributed by atoms with Crippen LogP contribution in [0, 0.1) is 17.7 Å². The summed E-state index contributed by atoms with van der Waals surface area (Å²) in [5.74, 6) is 4.29. The van der Waals surface area contributed by atoms with Gasteiger partial charge >= 0.3 is 0 Å². The molecule has 6 heteroatoms. The highest BCUT2D eigenvalue weighted by Gasteiger charge is 2.23. The molecule has 0 aromatic heterocycles. The van der Waals surface area contributed by atoms with Crippen molar-refractivity contribution in [2.75, 3.05) is 19.7 Å². The number of aliphatic hydroxyl groups excluding tert-OH is 1. The third-order valence-electron chi connectivity index (χ3n) is 2.93. The largest absolute Gasteiger partial charge is 0.395 e. The molecule has 0 bridgehead atoms. The van der Waals surface area contributed by atoms with E-state index in [0.29, 0.717) is 17.5 Å². The number of carbonyl (C=O) groups excluding carboxylic acids is 2. The smallest absolute Gasteiger partial charge is 0.240 e. The number of imide groups is 1. The highest BCUT2D eigenvalue weighted by molar-refractivity contribution is 5.99. The van der Waals surface area contributed by atoms with E-state index in [9.17, 15) is 14.0 Å². The molecule has 0 atom stereocenters. The number of amides is 2. The highest BCUT2D eigenvalue weighted by atomic mass is 19.1. The number of nitrogens with zero attached hydrogens (tertiary/aromatic N) is 1. The summed E-state index contributed by atoms with van der Waals surface area (Å²) in [7, 11) is 0. The average Bonchev–Trinajstić information content (AvgIpc) is 2.41. The van der Waals surface area contributed by atoms with Crippen LogP contribution < -0.4 is 5.32 Å². The molecular formula is C15H15FN2O3. The van der Waals surface area contributed by atoms with E-state index in [-0.39, 0.29) is 38.1 Å². The molecule has 1 aromatic carbocycles. The van der Waals surface area contributed by atoms with Crippen LogP contribution in [0.5, 0.6) is 0 Å². The summed E-state index contributed by atoms with van der Waals surface area (Å²) in [6.45, 7) is 0.306. The molecule has 1 fully saturated rings. The van der Waals surface area contributed by atoms with Crippen LogP contribution in [-0.4, -0.2) is 41.5 Å². The fourth-order valence-electron chi connectivity index (χ4n) is 2.02. The monoisotopic (exact) mass is 290 g/mol. The van der Waals surface area contributed by atoms with Crippen molar-refractivity contribution in [2.45, 2.75) is 13.0 Å². The maximum Gasteiger partial charge on any atom is 0.240 e. The Bertz CT molecular complexity index is 603. The lowest BCUT2D eigenvalue weighted by molar-refractivity contribution is -0.136. The van der Waals surface area contributed by atoms with Crippen molar-refractivity contribution < 1.29 is 19.1 Å². The van der Waals surface area contributed by atoms with E-state index in [1.165, 1.54) is 6.07 Å². The number of nitrogens with one attached hydrogen (secondary N) is 1. The normalized spacial score (nSPS) is 15.3. The molecule has 0 unspecified atom stereocenters. The lowest BCUT2D eigenvalue weighted by Crippen LogP contribution is -2.50. The molecule has 0 saturated carbocycles. The quantitative estimate of drug-likeness (QED) is 0.608. The molecule has 1 saturated heterocycles. The Hall–Kier alpha value is -2.23. The first-order valence-corrected chi connectivity index (χ1v) is 6.51. The van der Waals surface area contributed by atoms with Gasteiger partial charge in [0.25, 0.3) is 0 Å². The van der Waals surface area contributed by atoms with Gasteiger partial charge in [-0.2, -0.15) is 0 Å². The van der Waals surface area contributed by atoms with E-state index in [2.05, 4.69) is 17.2 Å². The number of aliphatic hydroxyl groups is 1. The fraction of sp³-hybridized carbons (Fsp3) is 0.333. The number of hydrogen-bond acceptors (Lipinski definition) is 4. The van der Waals surface area contributed by atoms with Gasteiger partial charge in [0.1, 0.15) is 5.82 Å². The number of benzene rings is 1. The van der Waals surface area contributed by atoms with Crippen LogP contribution in [0.3, 0.4) is 0 Å². The summed E-state index contributed by atoms with van der Waals surface area (Å²) >= 11 is 0. The first-order valence-electron chi connectivity index (χ1n) is 6.51. The predicted octanol–water partition coefficient (Wildman–Crippen LogP) is 0.0180. The Balaban J connectivity index is 2.06. The van der Waals surface area contributed by atoms with Gasteiger partial charge in [0.05, 0.1) is 19.7 Å². The van der Waals surface area contributed by atoms with Crippen molar-refractivity contribution in [3.8, 4) is 11.8 Å². The third-order valence-corrected chi connectivity index (χ3v) is 2.93. The maximum atomic E-state index is 14.0. The second-order valence-electron chi connectivity index (χ2n) is 4.70. The predicted molar refractivity (Wildman–Crippen MR) is 73.4 cm³/mol. The van der Waals surface area contributed by atoms with Crippen molar-refractivity contribution in [1.29, 1.82) is 0 Å². The van der Waals surface area contributed by atoms with Crippen LogP contribution in [0.4, 0.5) is 4.39 Å². The number of halogens is 1. The Morgan fingerprint density at radius 2 is 2.00 bits per heavy atom. The minimum atomic E-state index is -0.427. The van der Waals surface area contributed by atoms with Gasteiger partial charge in [0.15, 0.2) is 0 Å². The van der Waals surface area contributed by atoms with Gasteiger partial charge in [0, 0.05) is 24.1 Å². The summed E-state index contributed by atoms with van der Waals surface area (Å²) < 4.78 is 14.0. The van der Waals surface area contributed by atoms with Crippen LogP contribution in [0.15, 0.2) is 18.2 Å². The SMILES string of the molecule is O=C1CN(Cc2ccc(C#CCCO)cc2F)CC(=O)N1. The summed E-state index contributed by atoms with van der Waals surface area (Å²) in [6, 6.07) is 4.58. The molecule has 1 aliphatic heterocycles. The molecule has 0 spiro atoms. The Morgan fingerprint density at radius 1 is 1.29 bits per heavy atom. The molecular weight excluding hydrogens is 275 g/mol. The van der Waals surface area contributed by atoms with Gasteiger partial charge in [0.2, 0.25) is 11.8 Å². The average molecular weight is 290 g/mol. The topological polar surface area (TPSA) is 69.6 Å². The van der Waals surface area contributed by atoms with E-state index in [1.54, 1.807) is 17.0 Å². The second-order valence-corrected chi connectivity index (χ2v) is 4.70. The molecule has 1 aliphatic rings. The van der Waals surface area contributed by atoms with Crippen LogP contribution >= 0.6 is 0 Å². The van der Waals surface area contributed by atoms with Crippen molar-refractivity contribution in [3.63, 3.8) is 0 Å². The van der Waals surface area contributed by atoms with E-state index in [0.717, 1.165) is 0 Å². The van der Waals surface area contributed by atoms with Gasteiger partial charge in [-0.05, 0) is 12.1 Å². The molecule has 2 amide bonds. The van der Waals surface area contributed by atoms with E-state index < -0.39 is 5.82 Å². The summed E-state index contributed by atoms with van der Waals surface area (Å²) in [4.78, 5) is 24.1. The zero-order chi connectivity index (χ0) is 15.2. The highest BCUT2D eigenvalue weighted by Crippen LogP contribution is 2.13. The van der Waals surface area contributed by atoms with Crippen LogP contribution in [0.1, 0.15) is 17.5 Å². The Morgan fingerprint density at radius 3 is 2.62 bits per heavy atom. The lowest BCUT2D eigenvalue weighted by Gasteiger charge is -2.25. The minimum Gasteiger partial charge on any atom is -0.395 e. The molecule has 2 N–H and O–H groups in total. The maximum absolute atomic E-state index is 14.0. The number of piperazine rings is 1. The standard InChI is InChI=1S/C15H15FN2O3/c16-13-7-11(3-1-2-6-19)4-5-12(13)8-18-9-14(20)17-15(21)10-18/h4-5,7,19H,2,6,8-10H2,(H,17,20,21). The molecule has 1 aromatic rings. The fourth-order valence-corrected chi connectivity index (χ4v) is 2.02. The molecule has 0 aliphatic carbocycles. The molecule has 1 heterocycles. The van der Waals surface area contributed by atoms with Gasteiger partial charge in [-0.25, -0.2) is 4.39 Å². The van der Waals surface area contributed by atoms with Crippen LogP contribution in [-0.2, 0) is 16.1 Å². The van der Waals surface area contributed by atoms with Crippen molar-refractivity contribution in [1.82, 2.24) is 10.2 Å². The van der Waals surface area contributed by atoms with Gasteiger partial charge in [-0.1, -0.05) is 17.9 Å². The molecule has 21 heavy (non-hydrogen) atoms. The van der Waals surface area contributed by atoms with Crippen molar-refractivity contribution in [2.24, 2.45) is 0 Å². The summed E-state index contributed by atoms with van der Waals surface area (Å²) in [5.41, 5.74) is 0.933. The Kier molecular flexibility index (Phi) is 5.04. The minimum absolute atomic E-state index is 0.0291. The van der Waals surface area contributed by atoms with Gasteiger partial charge in [-0.3, -0.25) is 19.8 Å². The van der Waals surface area contributed by atoms with Crippen molar-refractivity contribution in [3.05, 3.63) is 35.1 Å². The van der Waals surface area contributed by atoms with Crippen LogP contribution in [0.25, 0.3) is 0 Å². The van der Waals surface area contributed by atoms with Crippen molar-refractivity contribution >= 4 is 11.8 Å². The van der Waals surface area contributed by atoms with E-state index in [4.69, 9.17) is 5.11 Å². The third kappa shape index (κ3) is 4.38. The zero-order valence-electron chi connectivity index (χ0n) is 11.4. The number of carbonyl (C=O) groups is 2. The first kappa shape index (κ1) is 15.2. The van der Waals surface area contributed by atoms with E-state index in [1.807, 2.05) is 0 Å². The molecule has 2 rings (SSSR count). The Labute approximate surface area is 121 Å². The second kappa shape index (κ2) is 6.97. The van der Waals surface area contributed by atoms with Gasteiger partial charge < -0.3 is 5.11 Å².